The topological polar surface area (TPSA) is 40.6 Å². The molecule has 1 heterocycles. The Bertz CT molecular complexity index is 781. The lowest BCUT2D eigenvalue weighted by Gasteiger charge is -2.35. The van der Waals surface area contributed by atoms with E-state index in [1.807, 2.05) is 17.0 Å². The molecule has 5 heteroatoms. The van der Waals surface area contributed by atoms with Crippen LogP contribution in [0.4, 0.5) is 4.39 Å². The maximum absolute atomic E-state index is 13.0. The smallest absolute Gasteiger partial charge is 0.253 e. The number of aryl methyl sites for hydroxylation is 2. The summed E-state index contributed by atoms with van der Waals surface area (Å²) in [5.41, 5.74) is 2.88. The Labute approximate surface area is 153 Å². The molecule has 4 nitrogen and oxygen atoms in total. The molecule has 1 fully saturated rings. The van der Waals surface area contributed by atoms with Crippen molar-refractivity contribution in [2.45, 2.75) is 19.8 Å². The summed E-state index contributed by atoms with van der Waals surface area (Å²) >= 11 is 0. The van der Waals surface area contributed by atoms with E-state index in [1.165, 1.54) is 35.4 Å². The minimum atomic E-state index is -0.356. The number of hydrogen-bond donors (Lipinski definition) is 0. The fraction of sp³-hybridized carbons (Fsp3) is 0.333. The van der Waals surface area contributed by atoms with Gasteiger partial charge in [-0.05, 0) is 48.7 Å². The van der Waals surface area contributed by atoms with Crippen LogP contribution in [-0.2, 0) is 11.2 Å². The maximum atomic E-state index is 13.0. The molecule has 2 aromatic rings. The van der Waals surface area contributed by atoms with E-state index in [2.05, 4.69) is 19.1 Å². The van der Waals surface area contributed by atoms with Crippen molar-refractivity contribution in [3.8, 4) is 0 Å². The van der Waals surface area contributed by atoms with Gasteiger partial charge in [0.1, 0.15) is 5.82 Å². The number of amides is 2. The molecule has 0 aliphatic carbocycles. The molecule has 0 bridgehead atoms. The van der Waals surface area contributed by atoms with Crippen LogP contribution in [0.1, 0.15) is 27.9 Å². The molecule has 3 rings (SSSR count). The summed E-state index contributed by atoms with van der Waals surface area (Å²) in [5.74, 6) is -0.343. The average Bonchev–Trinajstić information content (AvgIpc) is 2.67. The van der Waals surface area contributed by atoms with Gasteiger partial charge in [0, 0.05) is 38.2 Å². The number of carbonyl (C=O) groups is 2. The van der Waals surface area contributed by atoms with Crippen molar-refractivity contribution >= 4 is 11.8 Å². The molecule has 1 aliphatic heterocycles. The Morgan fingerprint density at radius 1 is 0.923 bits per heavy atom. The first-order valence-corrected chi connectivity index (χ1v) is 8.92. The molecule has 1 saturated heterocycles. The first kappa shape index (κ1) is 18.1. The van der Waals surface area contributed by atoms with Crippen LogP contribution in [-0.4, -0.2) is 47.8 Å². The van der Waals surface area contributed by atoms with Gasteiger partial charge in [0.05, 0.1) is 0 Å². The van der Waals surface area contributed by atoms with Crippen LogP contribution in [0.25, 0.3) is 0 Å². The van der Waals surface area contributed by atoms with E-state index in [4.69, 9.17) is 0 Å². The van der Waals surface area contributed by atoms with Gasteiger partial charge in [0.25, 0.3) is 5.91 Å². The third-order valence-corrected chi connectivity index (χ3v) is 4.88. The molecule has 0 radical (unpaired) electrons. The number of carbonyl (C=O) groups excluding carboxylic acids is 2. The molecule has 26 heavy (non-hydrogen) atoms. The van der Waals surface area contributed by atoms with Gasteiger partial charge in [-0.1, -0.05) is 24.3 Å². The lowest BCUT2D eigenvalue weighted by molar-refractivity contribution is -0.132. The van der Waals surface area contributed by atoms with Gasteiger partial charge < -0.3 is 9.80 Å². The van der Waals surface area contributed by atoms with Crippen LogP contribution in [0, 0.1) is 12.7 Å². The molecule has 0 spiro atoms. The molecular formula is C21H23FN2O2. The minimum absolute atomic E-state index is 0.114. The van der Waals surface area contributed by atoms with Gasteiger partial charge in [-0.3, -0.25) is 9.59 Å². The van der Waals surface area contributed by atoms with E-state index < -0.39 is 0 Å². The van der Waals surface area contributed by atoms with Gasteiger partial charge in [-0.15, -0.1) is 0 Å². The van der Waals surface area contributed by atoms with Crippen LogP contribution in [0.15, 0.2) is 48.5 Å². The number of benzene rings is 2. The predicted octanol–water partition coefficient (Wildman–Crippen LogP) is 3.05. The van der Waals surface area contributed by atoms with E-state index in [1.54, 1.807) is 4.90 Å². The molecule has 0 N–H and O–H groups in total. The van der Waals surface area contributed by atoms with Gasteiger partial charge in [-0.25, -0.2) is 4.39 Å². The highest BCUT2D eigenvalue weighted by Crippen LogP contribution is 2.13. The van der Waals surface area contributed by atoms with Gasteiger partial charge in [0.15, 0.2) is 0 Å². The zero-order chi connectivity index (χ0) is 18.5. The highest BCUT2D eigenvalue weighted by molar-refractivity contribution is 5.94. The highest BCUT2D eigenvalue weighted by atomic mass is 19.1. The number of hydrogen-bond acceptors (Lipinski definition) is 2. The molecule has 1 aliphatic rings. The average molecular weight is 354 g/mol. The number of piperazine rings is 1. The molecule has 136 valence electrons. The van der Waals surface area contributed by atoms with Crippen molar-refractivity contribution in [2.75, 3.05) is 26.2 Å². The fourth-order valence-electron chi connectivity index (χ4n) is 3.22. The molecule has 0 atom stereocenters. The van der Waals surface area contributed by atoms with Crippen molar-refractivity contribution < 1.29 is 14.0 Å². The first-order valence-electron chi connectivity index (χ1n) is 8.92. The number of nitrogens with zero attached hydrogens (tertiary/aromatic N) is 2. The van der Waals surface area contributed by atoms with E-state index in [0.29, 0.717) is 38.2 Å². The van der Waals surface area contributed by atoms with Crippen molar-refractivity contribution in [1.29, 1.82) is 0 Å². The Hall–Kier alpha value is -2.69. The lowest BCUT2D eigenvalue weighted by atomic mass is 10.0. The summed E-state index contributed by atoms with van der Waals surface area (Å²) in [5, 5.41) is 0. The third kappa shape index (κ3) is 4.28. The van der Waals surface area contributed by atoms with E-state index >= 15 is 0 Å². The van der Waals surface area contributed by atoms with E-state index in [9.17, 15) is 14.0 Å². The van der Waals surface area contributed by atoms with Gasteiger partial charge in [0.2, 0.25) is 5.91 Å². The Morgan fingerprint density at radius 2 is 1.54 bits per heavy atom. The molecule has 0 aromatic heterocycles. The quantitative estimate of drug-likeness (QED) is 0.847. The van der Waals surface area contributed by atoms with Gasteiger partial charge >= 0.3 is 0 Å². The lowest BCUT2D eigenvalue weighted by Crippen LogP contribution is -2.50. The highest BCUT2D eigenvalue weighted by Gasteiger charge is 2.24. The molecular weight excluding hydrogens is 331 g/mol. The Morgan fingerprint density at radius 3 is 2.19 bits per heavy atom. The van der Waals surface area contributed by atoms with E-state index in [0.717, 1.165) is 6.42 Å². The second kappa shape index (κ2) is 8.13. The van der Waals surface area contributed by atoms with Crippen molar-refractivity contribution in [3.63, 3.8) is 0 Å². The zero-order valence-corrected chi connectivity index (χ0v) is 15.0. The number of halogens is 1. The second-order valence-corrected chi connectivity index (χ2v) is 6.61. The fourth-order valence-corrected chi connectivity index (χ4v) is 3.22. The minimum Gasteiger partial charge on any atom is -0.339 e. The second-order valence-electron chi connectivity index (χ2n) is 6.61. The largest absolute Gasteiger partial charge is 0.339 e. The summed E-state index contributed by atoms with van der Waals surface area (Å²) in [6.07, 6.45) is 1.22. The van der Waals surface area contributed by atoms with Crippen LogP contribution in [0.2, 0.25) is 0 Å². The SMILES string of the molecule is Cc1ccccc1CCC(=O)N1CCN(C(=O)c2ccc(F)cc2)CC1. The van der Waals surface area contributed by atoms with Crippen molar-refractivity contribution in [2.24, 2.45) is 0 Å². The third-order valence-electron chi connectivity index (χ3n) is 4.88. The van der Waals surface area contributed by atoms with Crippen molar-refractivity contribution in [3.05, 3.63) is 71.0 Å². The standard InChI is InChI=1S/C21H23FN2O2/c1-16-4-2-3-5-17(16)8-11-20(25)23-12-14-24(15-13-23)21(26)18-6-9-19(22)10-7-18/h2-7,9-10H,8,11-15H2,1H3. The zero-order valence-electron chi connectivity index (χ0n) is 15.0. The molecule has 2 aromatic carbocycles. The summed E-state index contributed by atoms with van der Waals surface area (Å²) in [4.78, 5) is 28.4. The maximum Gasteiger partial charge on any atom is 0.253 e. The number of rotatable bonds is 4. The monoisotopic (exact) mass is 354 g/mol. The summed E-state index contributed by atoms with van der Waals surface area (Å²) in [6, 6.07) is 13.7. The summed E-state index contributed by atoms with van der Waals surface area (Å²) in [6.45, 7) is 4.15. The van der Waals surface area contributed by atoms with Crippen molar-refractivity contribution in [1.82, 2.24) is 9.80 Å². The van der Waals surface area contributed by atoms with E-state index in [-0.39, 0.29) is 17.6 Å². The Balaban J connectivity index is 1.50. The van der Waals surface area contributed by atoms with Crippen LogP contribution < -0.4 is 0 Å². The van der Waals surface area contributed by atoms with Gasteiger partial charge in [-0.2, -0.15) is 0 Å². The van der Waals surface area contributed by atoms with Crippen LogP contribution >= 0.6 is 0 Å². The molecule has 2 amide bonds. The first-order chi connectivity index (χ1) is 12.5. The van der Waals surface area contributed by atoms with Crippen LogP contribution in [0.5, 0.6) is 0 Å². The molecule has 0 saturated carbocycles. The normalized spacial score (nSPS) is 14.4. The molecule has 0 unspecified atom stereocenters. The summed E-state index contributed by atoms with van der Waals surface area (Å²) in [7, 11) is 0. The summed E-state index contributed by atoms with van der Waals surface area (Å²) < 4.78 is 13.0. The predicted molar refractivity (Wildman–Crippen MR) is 98.4 cm³/mol. The Kier molecular flexibility index (Phi) is 5.66. The van der Waals surface area contributed by atoms with Crippen LogP contribution in [0.3, 0.4) is 0 Å².